The number of ether oxygens (including phenoxy) is 2. The van der Waals surface area contributed by atoms with Gasteiger partial charge < -0.3 is 14.8 Å². The van der Waals surface area contributed by atoms with E-state index in [0.29, 0.717) is 19.8 Å². The summed E-state index contributed by atoms with van der Waals surface area (Å²) >= 11 is 0. The number of carbonyl (C=O) groups is 1. The maximum atomic E-state index is 11.9. The highest BCUT2D eigenvalue weighted by Crippen LogP contribution is 2.45. The van der Waals surface area contributed by atoms with Crippen molar-refractivity contribution in [2.75, 3.05) is 19.8 Å². The van der Waals surface area contributed by atoms with Crippen molar-refractivity contribution >= 4 is 5.91 Å². The van der Waals surface area contributed by atoms with Gasteiger partial charge in [0.15, 0.2) is 0 Å². The van der Waals surface area contributed by atoms with Gasteiger partial charge in [0.25, 0.3) is 0 Å². The van der Waals surface area contributed by atoms with Crippen molar-refractivity contribution in [3.05, 3.63) is 30.3 Å². The van der Waals surface area contributed by atoms with Gasteiger partial charge in [-0.25, -0.2) is 0 Å². The van der Waals surface area contributed by atoms with Crippen LogP contribution in [0.4, 0.5) is 0 Å². The van der Waals surface area contributed by atoms with Crippen LogP contribution in [0, 0.1) is 5.41 Å². The number of para-hydroxylation sites is 1. The summed E-state index contributed by atoms with van der Waals surface area (Å²) in [7, 11) is 0. The van der Waals surface area contributed by atoms with Crippen LogP contribution in [0.25, 0.3) is 0 Å². The third-order valence-corrected chi connectivity index (χ3v) is 4.11. The maximum Gasteiger partial charge on any atom is 0.249 e. The number of amides is 1. The zero-order valence-electron chi connectivity index (χ0n) is 11.6. The highest BCUT2D eigenvalue weighted by Gasteiger charge is 2.44. The lowest BCUT2D eigenvalue weighted by Crippen LogP contribution is -2.39. The Morgan fingerprint density at radius 1 is 1.35 bits per heavy atom. The molecule has 1 saturated carbocycles. The second-order valence-electron chi connectivity index (χ2n) is 5.82. The number of hydrogen-bond donors (Lipinski definition) is 1. The van der Waals surface area contributed by atoms with Gasteiger partial charge in [-0.3, -0.25) is 4.79 Å². The summed E-state index contributed by atoms with van der Waals surface area (Å²) in [5.74, 6) is 0.928. The van der Waals surface area contributed by atoms with Crippen molar-refractivity contribution < 1.29 is 14.3 Å². The molecular weight excluding hydrogens is 254 g/mol. The Kier molecular flexibility index (Phi) is 3.92. The summed E-state index contributed by atoms with van der Waals surface area (Å²) in [5, 5.41) is 3.02. The zero-order valence-corrected chi connectivity index (χ0v) is 11.6. The summed E-state index contributed by atoms with van der Waals surface area (Å²) in [5.41, 5.74) is 0.129. The highest BCUT2D eigenvalue weighted by atomic mass is 16.5. The van der Waals surface area contributed by atoms with E-state index in [-0.39, 0.29) is 17.4 Å². The van der Waals surface area contributed by atoms with Crippen LogP contribution < -0.4 is 10.1 Å². The van der Waals surface area contributed by atoms with Crippen LogP contribution in [0.2, 0.25) is 0 Å². The molecule has 0 bridgehead atoms. The summed E-state index contributed by atoms with van der Waals surface area (Å²) in [4.78, 5) is 11.9. The highest BCUT2D eigenvalue weighted by molar-refractivity contribution is 5.81. The van der Waals surface area contributed by atoms with E-state index in [4.69, 9.17) is 9.47 Å². The van der Waals surface area contributed by atoms with E-state index in [9.17, 15) is 4.79 Å². The largest absolute Gasteiger partial charge is 0.493 e. The second kappa shape index (κ2) is 5.83. The van der Waals surface area contributed by atoms with Crippen LogP contribution in [0.15, 0.2) is 30.3 Å². The van der Waals surface area contributed by atoms with Crippen LogP contribution >= 0.6 is 0 Å². The molecule has 1 amide bonds. The topological polar surface area (TPSA) is 47.6 Å². The van der Waals surface area contributed by atoms with Gasteiger partial charge in [-0.2, -0.15) is 0 Å². The van der Waals surface area contributed by atoms with Gasteiger partial charge in [0, 0.05) is 18.6 Å². The van der Waals surface area contributed by atoms with E-state index in [1.165, 1.54) is 0 Å². The third kappa shape index (κ3) is 3.31. The lowest BCUT2D eigenvalue weighted by molar-refractivity contribution is -0.130. The van der Waals surface area contributed by atoms with E-state index >= 15 is 0 Å². The fourth-order valence-electron chi connectivity index (χ4n) is 2.47. The Labute approximate surface area is 119 Å². The quantitative estimate of drug-likeness (QED) is 0.865. The minimum absolute atomic E-state index is 0.0356. The van der Waals surface area contributed by atoms with Gasteiger partial charge in [0.05, 0.1) is 6.61 Å². The summed E-state index contributed by atoms with van der Waals surface area (Å²) in [6.45, 7) is 2.07. The van der Waals surface area contributed by atoms with Crippen molar-refractivity contribution in [3.63, 3.8) is 0 Å². The average Bonchev–Trinajstić information content (AvgIpc) is 3.04. The van der Waals surface area contributed by atoms with E-state index in [1.807, 2.05) is 30.3 Å². The standard InChI is InChI=1S/C16H21NO3/c18-15(14-7-4-10-19-14)17-11-16(8-9-16)12-20-13-5-2-1-3-6-13/h1-3,5-6,14H,4,7-12H2,(H,17,18)/t14-/m0/s1. The van der Waals surface area contributed by atoms with Gasteiger partial charge in [-0.05, 0) is 37.8 Å². The first-order chi connectivity index (χ1) is 9.77. The van der Waals surface area contributed by atoms with Crippen molar-refractivity contribution in [1.82, 2.24) is 5.32 Å². The molecule has 3 rings (SSSR count). The van der Waals surface area contributed by atoms with E-state index < -0.39 is 0 Å². The Morgan fingerprint density at radius 3 is 2.80 bits per heavy atom. The molecular formula is C16H21NO3. The van der Waals surface area contributed by atoms with Crippen molar-refractivity contribution in [2.45, 2.75) is 31.8 Å². The molecule has 0 aromatic heterocycles. The predicted octanol–water partition coefficient (Wildman–Crippen LogP) is 2.14. The van der Waals surface area contributed by atoms with Gasteiger partial charge in [0.1, 0.15) is 11.9 Å². The summed E-state index contributed by atoms with van der Waals surface area (Å²) in [6.07, 6.45) is 3.83. The molecule has 2 fully saturated rings. The molecule has 1 aromatic rings. The van der Waals surface area contributed by atoms with Gasteiger partial charge >= 0.3 is 0 Å². The predicted molar refractivity (Wildman–Crippen MR) is 75.6 cm³/mol. The zero-order chi connectivity index (χ0) is 13.8. The molecule has 4 nitrogen and oxygen atoms in total. The first-order valence-electron chi connectivity index (χ1n) is 7.35. The summed E-state index contributed by atoms with van der Waals surface area (Å²) in [6, 6.07) is 9.83. The van der Waals surface area contributed by atoms with Crippen LogP contribution in [-0.4, -0.2) is 31.8 Å². The Hall–Kier alpha value is -1.55. The number of carbonyl (C=O) groups excluding carboxylic acids is 1. The Balaban J connectivity index is 1.43. The normalized spacial score (nSPS) is 23.3. The van der Waals surface area contributed by atoms with Gasteiger partial charge in [-0.15, -0.1) is 0 Å². The minimum Gasteiger partial charge on any atom is -0.493 e. The minimum atomic E-state index is -0.235. The molecule has 0 unspecified atom stereocenters. The van der Waals surface area contributed by atoms with Crippen molar-refractivity contribution in [1.29, 1.82) is 0 Å². The van der Waals surface area contributed by atoms with E-state index in [2.05, 4.69) is 5.32 Å². The lowest BCUT2D eigenvalue weighted by atomic mass is 10.1. The maximum absolute atomic E-state index is 11.9. The molecule has 0 spiro atoms. The van der Waals surface area contributed by atoms with Crippen molar-refractivity contribution in [3.8, 4) is 5.75 Å². The average molecular weight is 275 g/mol. The van der Waals surface area contributed by atoms with E-state index in [0.717, 1.165) is 31.4 Å². The number of nitrogens with one attached hydrogen (secondary N) is 1. The molecule has 1 heterocycles. The van der Waals surface area contributed by atoms with Crippen molar-refractivity contribution in [2.24, 2.45) is 5.41 Å². The molecule has 1 aliphatic carbocycles. The van der Waals surface area contributed by atoms with Gasteiger partial charge in [0.2, 0.25) is 5.91 Å². The fourth-order valence-corrected chi connectivity index (χ4v) is 2.47. The molecule has 108 valence electrons. The summed E-state index contributed by atoms with van der Waals surface area (Å²) < 4.78 is 11.2. The van der Waals surface area contributed by atoms with Crippen LogP contribution in [0.1, 0.15) is 25.7 Å². The van der Waals surface area contributed by atoms with Crippen LogP contribution in [0.5, 0.6) is 5.75 Å². The van der Waals surface area contributed by atoms with Gasteiger partial charge in [-0.1, -0.05) is 18.2 Å². The molecule has 2 aliphatic rings. The Bertz CT molecular complexity index is 450. The first-order valence-corrected chi connectivity index (χ1v) is 7.35. The Morgan fingerprint density at radius 2 is 2.15 bits per heavy atom. The third-order valence-electron chi connectivity index (χ3n) is 4.11. The second-order valence-corrected chi connectivity index (χ2v) is 5.82. The molecule has 1 saturated heterocycles. The van der Waals surface area contributed by atoms with Crippen LogP contribution in [0.3, 0.4) is 0 Å². The molecule has 1 aromatic carbocycles. The monoisotopic (exact) mass is 275 g/mol. The molecule has 1 atom stereocenters. The lowest BCUT2D eigenvalue weighted by Gasteiger charge is -2.18. The van der Waals surface area contributed by atoms with E-state index in [1.54, 1.807) is 0 Å². The molecule has 4 heteroatoms. The number of rotatable bonds is 6. The smallest absolute Gasteiger partial charge is 0.249 e. The molecule has 1 aliphatic heterocycles. The number of hydrogen-bond acceptors (Lipinski definition) is 3. The fraction of sp³-hybridized carbons (Fsp3) is 0.562. The SMILES string of the molecule is O=C(NCC1(COc2ccccc2)CC1)[C@@H]1CCCO1. The first kappa shape index (κ1) is 13.4. The van der Waals surface area contributed by atoms with Crippen LogP contribution in [-0.2, 0) is 9.53 Å². The molecule has 20 heavy (non-hydrogen) atoms. The molecule has 1 N–H and O–H groups in total. The molecule has 0 radical (unpaired) electrons. The number of benzene rings is 1.